The Hall–Kier alpha value is -2.73. The van der Waals surface area contributed by atoms with Gasteiger partial charge in [-0.25, -0.2) is 10.2 Å². The van der Waals surface area contributed by atoms with Crippen LogP contribution in [0.25, 0.3) is 0 Å². The van der Waals surface area contributed by atoms with E-state index in [1.54, 1.807) is 12.1 Å². The largest absolute Gasteiger partial charge is 0.490 e. The number of urea groups is 1. The number of carbonyl (C=O) groups is 1. The minimum atomic E-state index is -0.432. The third-order valence-corrected chi connectivity index (χ3v) is 3.95. The van der Waals surface area contributed by atoms with Gasteiger partial charge in [-0.3, -0.25) is 0 Å². The predicted octanol–water partition coefficient (Wildman–Crippen LogP) is 5.24. The topological polar surface area (TPSA) is 72.0 Å². The van der Waals surface area contributed by atoms with E-state index >= 15 is 0 Å². The van der Waals surface area contributed by atoms with E-state index in [0.29, 0.717) is 41.2 Å². The molecular formula is C21H26ClN3O3. The van der Waals surface area contributed by atoms with Crippen molar-refractivity contribution < 1.29 is 14.3 Å². The second-order valence-electron chi connectivity index (χ2n) is 6.61. The molecule has 2 aromatic carbocycles. The minimum Gasteiger partial charge on any atom is -0.490 e. The zero-order chi connectivity index (χ0) is 20.5. The highest BCUT2D eigenvalue weighted by Crippen LogP contribution is 2.36. The van der Waals surface area contributed by atoms with Crippen LogP contribution in [0.2, 0.25) is 5.02 Å². The van der Waals surface area contributed by atoms with E-state index in [1.165, 1.54) is 6.21 Å². The number of hydrogen-bond acceptors (Lipinski definition) is 4. The van der Waals surface area contributed by atoms with Crippen LogP contribution in [0.5, 0.6) is 11.5 Å². The van der Waals surface area contributed by atoms with E-state index in [4.69, 9.17) is 21.1 Å². The fraction of sp³-hybridized carbons (Fsp3) is 0.333. The molecule has 0 saturated carbocycles. The van der Waals surface area contributed by atoms with Crippen molar-refractivity contribution in [3.05, 3.63) is 52.5 Å². The van der Waals surface area contributed by atoms with Crippen LogP contribution in [0.3, 0.4) is 0 Å². The lowest BCUT2D eigenvalue weighted by molar-refractivity contribution is 0.248. The summed E-state index contributed by atoms with van der Waals surface area (Å²) in [6.45, 7) is 8.93. The fourth-order valence-corrected chi connectivity index (χ4v) is 2.62. The van der Waals surface area contributed by atoms with Crippen molar-refractivity contribution in [1.29, 1.82) is 0 Å². The number of carbonyl (C=O) groups excluding carboxylic acids is 1. The number of amides is 2. The Balaban J connectivity index is 2.06. The van der Waals surface area contributed by atoms with Crippen molar-refractivity contribution in [2.45, 2.75) is 27.7 Å². The lowest BCUT2D eigenvalue weighted by Gasteiger charge is -2.15. The number of halogens is 1. The number of anilines is 1. The summed E-state index contributed by atoms with van der Waals surface area (Å²) in [6.07, 6.45) is 1.50. The Labute approximate surface area is 170 Å². The number of para-hydroxylation sites is 1. The maximum atomic E-state index is 12.0. The van der Waals surface area contributed by atoms with E-state index in [9.17, 15) is 4.79 Å². The molecule has 0 aromatic heterocycles. The quantitative estimate of drug-likeness (QED) is 0.467. The van der Waals surface area contributed by atoms with Crippen molar-refractivity contribution in [2.75, 3.05) is 18.5 Å². The molecule has 0 bridgehead atoms. The first-order valence-electron chi connectivity index (χ1n) is 9.15. The highest BCUT2D eigenvalue weighted by molar-refractivity contribution is 6.32. The smallest absolute Gasteiger partial charge is 0.339 e. The summed E-state index contributed by atoms with van der Waals surface area (Å²) >= 11 is 6.35. The summed E-state index contributed by atoms with van der Waals surface area (Å²) < 4.78 is 11.4. The Bertz CT molecular complexity index is 838. The number of rotatable bonds is 8. The van der Waals surface area contributed by atoms with Gasteiger partial charge in [0.25, 0.3) is 0 Å². The van der Waals surface area contributed by atoms with Crippen molar-refractivity contribution in [3.8, 4) is 11.5 Å². The first kappa shape index (κ1) is 21.6. The average molecular weight is 404 g/mol. The van der Waals surface area contributed by atoms with Gasteiger partial charge in [0.2, 0.25) is 0 Å². The second-order valence-corrected chi connectivity index (χ2v) is 7.01. The summed E-state index contributed by atoms with van der Waals surface area (Å²) in [5.41, 5.74) is 4.81. The number of nitrogens with zero attached hydrogens (tertiary/aromatic N) is 1. The SMILES string of the molecule is CCOc1cc(/C=N\NC(=O)Nc2ccccc2C)cc(Cl)c1OCC(C)C. The molecule has 2 rings (SSSR count). The maximum absolute atomic E-state index is 12.0. The van der Waals surface area contributed by atoms with Gasteiger partial charge in [-0.2, -0.15) is 5.10 Å². The highest BCUT2D eigenvalue weighted by Gasteiger charge is 2.13. The van der Waals surface area contributed by atoms with Gasteiger partial charge < -0.3 is 14.8 Å². The van der Waals surface area contributed by atoms with Crippen LogP contribution in [0.4, 0.5) is 10.5 Å². The van der Waals surface area contributed by atoms with Gasteiger partial charge in [-0.05, 0) is 49.1 Å². The van der Waals surface area contributed by atoms with Gasteiger partial charge in [0.1, 0.15) is 0 Å². The van der Waals surface area contributed by atoms with E-state index < -0.39 is 6.03 Å². The average Bonchev–Trinajstić information content (AvgIpc) is 2.63. The van der Waals surface area contributed by atoms with E-state index in [1.807, 2.05) is 38.1 Å². The number of ether oxygens (including phenoxy) is 2. The molecule has 0 fully saturated rings. The molecular weight excluding hydrogens is 378 g/mol. The van der Waals surface area contributed by atoms with Crippen LogP contribution in [-0.2, 0) is 0 Å². The molecule has 2 N–H and O–H groups in total. The molecule has 2 amide bonds. The third-order valence-electron chi connectivity index (χ3n) is 3.67. The summed E-state index contributed by atoms with van der Waals surface area (Å²) in [5.74, 6) is 1.42. The Morgan fingerprint density at radius 1 is 1.25 bits per heavy atom. The molecule has 0 spiro atoms. The molecule has 28 heavy (non-hydrogen) atoms. The molecule has 150 valence electrons. The summed E-state index contributed by atoms with van der Waals surface area (Å²) in [4.78, 5) is 12.0. The zero-order valence-electron chi connectivity index (χ0n) is 16.6. The fourth-order valence-electron chi connectivity index (χ4n) is 2.34. The van der Waals surface area contributed by atoms with Crippen molar-refractivity contribution in [2.24, 2.45) is 11.0 Å². The number of hydrazone groups is 1. The molecule has 2 aromatic rings. The first-order valence-corrected chi connectivity index (χ1v) is 9.53. The molecule has 0 aliphatic rings. The van der Waals surface area contributed by atoms with Gasteiger partial charge in [0, 0.05) is 5.69 Å². The summed E-state index contributed by atoms with van der Waals surface area (Å²) in [7, 11) is 0. The third kappa shape index (κ3) is 6.46. The van der Waals surface area contributed by atoms with Crippen molar-refractivity contribution >= 4 is 29.5 Å². The summed E-state index contributed by atoms with van der Waals surface area (Å²) in [5, 5.41) is 7.14. The minimum absolute atomic E-state index is 0.364. The number of benzene rings is 2. The number of aryl methyl sites for hydroxylation is 1. The highest BCUT2D eigenvalue weighted by atomic mass is 35.5. The molecule has 0 aliphatic heterocycles. The van der Waals surface area contributed by atoms with E-state index in [2.05, 4.69) is 29.7 Å². The Morgan fingerprint density at radius 2 is 2.00 bits per heavy atom. The first-order chi connectivity index (χ1) is 13.4. The molecule has 0 saturated heterocycles. The Morgan fingerprint density at radius 3 is 2.68 bits per heavy atom. The van der Waals surface area contributed by atoms with Crippen LogP contribution in [0.1, 0.15) is 31.9 Å². The molecule has 0 atom stereocenters. The molecule has 0 heterocycles. The molecule has 0 aliphatic carbocycles. The zero-order valence-corrected chi connectivity index (χ0v) is 17.3. The normalized spacial score (nSPS) is 10.9. The predicted molar refractivity (Wildman–Crippen MR) is 114 cm³/mol. The summed E-state index contributed by atoms with van der Waals surface area (Å²) in [6, 6.07) is 10.6. The second kappa shape index (κ2) is 10.6. The lowest BCUT2D eigenvalue weighted by Crippen LogP contribution is -2.24. The van der Waals surface area contributed by atoms with Gasteiger partial charge in [-0.15, -0.1) is 0 Å². The Kier molecular flexibility index (Phi) is 8.14. The molecule has 0 radical (unpaired) electrons. The number of hydrogen-bond donors (Lipinski definition) is 2. The van der Waals surface area contributed by atoms with Crippen molar-refractivity contribution in [3.63, 3.8) is 0 Å². The van der Waals surface area contributed by atoms with E-state index in [0.717, 1.165) is 11.3 Å². The van der Waals surface area contributed by atoms with Gasteiger partial charge in [0.15, 0.2) is 11.5 Å². The van der Waals surface area contributed by atoms with Gasteiger partial charge in [-0.1, -0.05) is 43.6 Å². The van der Waals surface area contributed by atoms with Crippen LogP contribution >= 0.6 is 11.6 Å². The van der Waals surface area contributed by atoms with Crippen molar-refractivity contribution in [1.82, 2.24) is 5.43 Å². The van der Waals surface area contributed by atoms with Crippen LogP contribution in [-0.4, -0.2) is 25.5 Å². The van der Waals surface area contributed by atoms with Crippen LogP contribution in [0, 0.1) is 12.8 Å². The molecule has 6 nitrogen and oxygen atoms in total. The maximum Gasteiger partial charge on any atom is 0.339 e. The van der Waals surface area contributed by atoms with Crippen LogP contribution in [0.15, 0.2) is 41.5 Å². The number of nitrogens with one attached hydrogen (secondary N) is 2. The molecule has 0 unspecified atom stereocenters. The van der Waals surface area contributed by atoms with Gasteiger partial charge >= 0.3 is 6.03 Å². The van der Waals surface area contributed by atoms with Crippen LogP contribution < -0.4 is 20.2 Å². The van der Waals surface area contributed by atoms with E-state index in [-0.39, 0.29) is 0 Å². The standard InChI is InChI=1S/C21H26ClN3O3/c1-5-27-19-11-16(10-17(22)20(19)28-13-14(2)3)12-23-25-21(26)24-18-9-7-6-8-15(18)4/h6-12,14H,5,13H2,1-4H3,(H2,24,25,26)/b23-12-. The van der Waals surface area contributed by atoms with Gasteiger partial charge in [0.05, 0.1) is 24.5 Å². The lowest BCUT2D eigenvalue weighted by atomic mass is 10.2. The molecule has 7 heteroatoms. The monoisotopic (exact) mass is 403 g/mol.